The third kappa shape index (κ3) is 2.87. The minimum Gasteiger partial charge on any atom is -0.345 e. The van der Waals surface area contributed by atoms with Crippen molar-refractivity contribution in [3.8, 4) is 11.4 Å². The fourth-order valence-corrected chi connectivity index (χ4v) is 3.52. The summed E-state index contributed by atoms with van der Waals surface area (Å²) >= 11 is 0. The summed E-state index contributed by atoms with van der Waals surface area (Å²) in [5, 5.41) is 0. The fourth-order valence-electron chi connectivity index (χ4n) is 2.22. The maximum atomic E-state index is 12.5. The van der Waals surface area contributed by atoms with Crippen LogP contribution in [-0.2, 0) is 10.0 Å². The number of anilines is 1. The second-order valence-electron chi connectivity index (χ2n) is 4.89. The number of aromatic nitrogens is 2. The molecule has 0 aliphatic heterocycles. The van der Waals surface area contributed by atoms with Gasteiger partial charge < -0.3 is 4.98 Å². The third-order valence-corrected chi connectivity index (χ3v) is 4.81. The third-order valence-electron chi connectivity index (χ3n) is 3.27. The quantitative estimate of drug-likeness (QED) is 0.777. The van der Waals surface area contributed by atoms with Gasteiger partial charge in [-0.1, -0.05) is 30.3 Å². The summed E-state index contributed by atoms with van der Waals surface area (Å²) < 4.78 is 27.6. The second kappa shape index (κ2) is 5.65. The van der Waals surface area contributed by atoms with E-state index < -0.39 is 10.0 Å². The molecule has 2 aromatic carbocycles. The molecular formula is C16H15N3O2S. The van der Waals surface area contributed by atoms with Crippen LogP contribution in [0.25, 0.3) is 11.4 Å². The number of aryl methyl sites for hydroxylation is 1. The SMILES string of the molecule is Cc1ccccc1S(=O)(=O)Nc1cccc(-c2ncc[nH]2)c1. The first-order valence-corrected chi connectivity index (χ1v) is 8.23. The number of nitrogens with one attached hydrogen (secondary N) is 2. The van der Waals surface area contributed by atoms with E-state index in [0.717, 1.165) is 5.56 Å². The fraction of sp³-hybridized carbons (Fsp3) is 0.0625. The minimum absolute atomic E-state index is 0.276. The molecule has 0 atom stereocenters. The van der Waals surface area contributed by atoms with Crippen LogP contribution in [0.15, 0.2) is 65.8 Å². The molecular weight excluding hydrogens is 298 g/mol. The van der Waals surface area contributed by atoms with Crippen molar-refractivity contribution >= 4 is 15.7 Å². The van der Waals surface area contributed by atoms with Crippen LogP contribution in [0.4, 0.5) is 5.69 Å². The Bertz CT molecular complexity index is 887. The summed E-state index contributed by atoms with van der Waals surface area (Å²) in [6, 6.07) is 14.0. The number of imidazole rings is 1. The Kier molecular flexibility index (Phi) is 3.68. The van der Waals surface area contributed by atoms with Gasteiger partial charge in [0.2, 0.25) is 0 Å². The smallest absolute Gasteiger partial charge is 0.262 e. The molecule has 0 amide bonds. The monoisotopic (exact) mass is 313 g/mol. The highest BCUT2D eigenvalue weighted by Crippen LogP contribution is 2.23. The van der Waals surface area contributed by atoms with Gasteiger partial charge in [-0.25, -0.2) is 13.4 Å². The van der Waals surface area contributed by atoms with Crippen LogP contribution in [-0.4, -0.2) is 18.4 Å². The van der Waals surface area contributed by atoms with Crippen molar-refractivity contribution in [1.82, 2.24) is 9.97 Å². The molecule has 1 aromatic heterocycles. The van der Waals surface area contributed by atoms with Crippen LogP contribution < -0.4 is 4.72 Å². The molecule has 3 rings (SSSR count). The Labute approximate surface area is 129 Å². The number of sulfonamides is 1. The molecule has 0 aliphatic carbocycles. The average molecular weight is 313 g/mol. The molecule has 2 N–H and O–H groups in total. The highest BCUT2D eigenvalue weighted by atomic mass is 32.2. The molecule has 0 saturated carbocycles. The molecule has 112 valence electrons. The molecule has 0 bridgehead atoms. The first-order valence-electron chi connectivity index (χ1n) is 6.74. The van der Waals surface area contributed by atoms with E-state index in [9.17, 15) is 8.42 Å². The number of aromatic amines is 1. The van der Waals surface area contributed by atoms with Gasteiger partial charge in [-0.3, -0.25) is 4.72 Å². The van der Waals surface area contributed by atoms with Gasteiger partial charge in [0, 0.05) is 23.6 Å². The number of H-pyrrole nitrogens is 1. The van der Waals surface area contributed by atoms with Gasteiger partial charge in [0.05, 0.1) is 4.90 Å². The first-order chi connectivity index (χ1) is 10.6. The molecule has 22 heavy (non-hydrogen) atoms. The van der Waals surface area contributed by atoms with Crippen molar-refractivity contribution < 1.29 is 8.42 Å². The maximum absolute atomic E-state index is 12.5. The molecule has 0 aliphatic rings. The summed E-state index contributed by atoms with van der Waals surface area (Å²) in [6.07, 6.45) is 3.37. The zero-order chi connectivity index (χ0) is 15.6. The predicted molar refractivity (Wildman–Crippen MR) is 86.0 cm³/mol. The van der Waals surface area contributed by atoms with Crippen LogP contribution in [0, 0.1) is 6.92 Å². The van der Waals surface area contributed by atoms with Crippen molar-refractivity contribution in [2.24, 2.45) is 0 Å². The molecule has 3 aromatic rings. The van der Waals surface area contributed by atoms with E-state index in [2.05, 4.69) is 14.7 Å². The summed E-state index contributed by atoms with van der Waals surface area (Å²) in [4.78, 5) is 7.44. The largest absolute Gasteiger partial charge is 0.345 e. The summed E-state index contributed by atoms with van der Waals surface area (Å²) in [6.45, 7) is 1.77. The lowest BCUT2D eigenvalue weighted by atomic mass is 10.2. The Balaban J connectivity index is 1.93. The maximum Gasteiger partial charge on any atom is 0.262 e. The van der Waals surface area contributed by atoms with Gasteiger partial charge in [-0.2, -0.15) is 0 Å². The zero-order valence-electron chi connectivity index (χ0n) is 11.9. The Morgan fingerprint density at radius 1 is 1.09 bits per heavy atom. The molecule has 0 spiro atoms. The van der Waals surface area contributed by atoms with Crippen molar-refractivity contribution in [1.29, 1.82) is 0 Å². The Morgan fingerprint density at radius 3 is 2.64 bits per heavy atom. The van der Waals surface area contributed by atoms with E-state index in [4.69, 9.17) is 0 Å². The van der Waals surface area contributed by atoms with Gasteiger partial charge >= 0.3 is 0 Å². The minimum atomic E-state index is -3.61. The van der Waals surface area contributed by atoms with Crippen molar-refractivity contribution in [3.05, 3.63) is 66.5 Å². The summed E-state index contributed by atoms with van der Waals surface area (Å²) in [7, 11) is -3.61. The predicted octanol–water partition coefficient (Wildman–Crippen LogP) is 3.19. The molecule has 0 radical (unpaired) electrons. The summed E-state index contributed by atoms with van der Waals surface area (Å²) in [5.74, 6) is 0.692. The molecule has 5 nitrogen and oxygen atoms in total. The Morgan fingerprint density at radius 2 is 1.91 bits per heavy atom. The first kappa shape index (κ1) is 14.3. The van der Waals surface area contributed by atoms with Crippen LogP contribution in [0.2, 0.25) is 0 Å². The van der Waals surface area contributed by atoms with Crippen molar-refractivity contribution in [3.63, 3.8) is 0 Å². The molecule has 0 fully saturated rings. The van der Waals surface area contributed by atoms with Gasteiger partial charge in [0.1, 0.15) is 5.82 Å². The van der Waals surface area contributed by atoms with Crippen LogP contribution >= 0.6 is 0 Å². The normalized spacial score (nSPS) is 11.3. The second-order valence-corrected chi connectivity index (χ2v) is 6.54. The number of benzene rings is 2. The lowest BCUT2D eigenvalue weighted by molar-refractivity contribution is 0.600. The average Bonchev–Trinajstić information content (AvgIpc) is 3.01. The van der Waals surface area contributed by atoms with E-state index in [1.165, 1.54) is 0 Å². The van der Waals surface area contributed by atoms with E-state index in [1.807, 2.05) is 12.1 Å². The highest BCUT2D eigenvalue weighted by Gasteiger charge is 2.16. The zero-order valence-corrected chi connectivity index (χ0v) is 12.8. The summed E-state index contributed by atoms with van der Waals surface area (Å²) in [5.41, 5.74) is 2.02. The van der Waals surface area contributed by atoms with Gasteiger partial charge in [-0.05, 0) is 30.7 Å². The van der Waals surface area contributed by atoms with Crippen LogP contribution in [0.5, 0.6) is 0 Å². The van der Waals surface area contributed by atoms with E-state index in [1.54, 1.807) is 55.7 Å². The molecule has 0 saturated heterocycles. The van der Waals surface area contributed by atoms with E-state index >= 15 is 0 Å². The number of hydrogen-bond donors (Lipinski definition) is 2. The highest BCUT2D eigenvalue weighted by molar-refractivity contribution is 7.92. The van der Waals surface area contributed by atoms with Gasteiger partial charge in [0.25, 0.3) is 10.0 Å². The number of hydrogen-bond acceptors (Lipinski definition) is 3. The standard InChI is InChI=1S/C16H15N3O2S/c1-12-5-2-3-8-15(12)22(20,21)19-14-7-4-6-13(11-14)16-17-9-10-18-16/h2-11,19H,1H3,(H,17,18). The van der Waals surface area contributed by atoms with Crippen molar-refractivity contribution in [2.45, 2.75) is 11.8 Å². The van der Waals surface area contributed by atoms with E-state index in [0.29, 0.717) is 17.1 Å². The van der Waals surface area contributed by atoms with Crippen LogP contribution in [0.3, 0.4) is 0 Å². The van der Waals surface area contributed by atoms with E-state index in [-0.39, 0.29) is 4.90 Å². The van der Waals surface area contributed by atoms with Crippen molar-refractivity contribution in [2.75, 3.05) is 4.72 Å². The van der Waals surface area contributed by atoms with Gasteiger partial charge in [-0.15, -0.1) is 0 Å². The molecule has 0 unspecified atom stereocenters. The lowest BCUT2D eigenvalue weighted by Crippen LogP contribution is -2.14. The number of rotatable bonds is 4. The molecule has 1 heterocycles. The van der Waals surface area contributed by atoms with Gasteiger partial charge in [0.15, 0.2) is 0 Å². The lowest BCUT2D eigenvalue weighted by Gasteiger charge is -2.10. The topological polar surface area (TPSA) is 74.8 Å². The number of nitrogens with zero attached hydrogens (tertiary/aromatic N) is 1. The van der Waals surface area contributed by atoms with Crippen LogP contribution in [0.1, 0.15) is 5.56 Å². The molecule has 6 heteroatoms. The Hall–Kier alpha value is -2.60.